The van der Waals surface area contributed by atoms with Crippen LogP contribution in [0.25, 0.3) is 0 Å². The largest absolute Gasteiger partial charge is 0.548 e. The van der Waals surface area contributed by atoms with E-state index in [1.54, 1.807) is 24.3 Å². The van der Waals surface area contributed by atoms with Crippen LogP contribution in [0.1, 0.15) is 18.4 Å². The standard InChI is InChI=1S/C14H17NO6/c1-20-12(16)8-7-11(13(17)18)15-14(19)21-9-10-5-3-2-4-6-10/h2-6,11H,7-9H2,1H3,(H,15,19)(H,17,18)/p-1/t11-/m1/s1. The molecule has 21 heavy (non-hydrogen) atoms. The molecule has 0 saturated carbocycles. The van der Waals surface area contributed by atoms with E-state index in [9.17, 15) is 19.5 Å². The fourth-order valence-electron chi connectivity index (χ4n) is 1.52. The van der Waals surface area contributed by atoms with Crippen molar-refractivity contribution in [2.24, 2.45) is 0 Å². The Morgan fingerprint density at radius 1 is 1.24 bits per heavy atom. The van der Waals surface area contributed by atoms with Gasteiger partial charge in [0.05, 0.1) is 19.1 Å². The maximum atomic E-state index is 11.5. The zero-order valence-electron chi connectivity index (χ0n) is 11.5. The zero-order valence-corrected chi connectivity index (χ0v) is 11.5. The Morgan fingerprint density at radius 2 is 1.90 bits per heavy atom. The lowest BCUT2D eigenvalue weighted by Gasteiger charge is -2.18. The predicted octanol–water partition coefficient (Wildman–Crippen LogP) is -0.0155. The Kier molecular flexibility index (Phi) is 6.73. The van der Waals surface area contributed by atoms with E-state index in [2.05, 4.69) is 10.1 Å². The van der Waals surface area contributed by atoms with Crippen LogP contribution in [-0.4, -0.2) is 31.2 Å². The minimum absolute atomic E-state index is 0.0173. The van der Waals surface area contributed by atoms with E-state index in [0.717, 1.165) is 5.56 Å². The lowest BCUT2D eigenvalue weighted by atomic mass is 10.1. The molecular weight excluding hydrogens is 278 g/mol. The number of rotatable bonds is 7. The van der Waals surface area contributed by atoms with Crippen molar-refractivity contribution in [1.29, 1.82) is 0 Å². The average molecular weight is 294 g/mol. The molecule has 0 unspecified atom stereocenters. The number of methoxy groups -OCH3 is 1. The summed E-state index contributed by atoms with van der Waals surface area (Å²) in [7, 11) is 1.19. The first kappa shape index (κ1) is 16.5. The molecular formula is C14H16NO6-. The fraction of sp³-hybridized carbons (Fsp3) is 0.357. The first-order valence-electron chi connectivity index (χ1n) is 6.28. The predicted molar refractivity (Wildman–Crippen MR) is 69.8 cm³/mol. The average Bonchev–Trinajstić information content (AvgIpc) is 2.49. The Hall–Kier alpha value is -2.57. The van der Waals surface area contributed by atoms with Crippen molar-refractivity contribution in [2.45, 2.75) is 25.5 Å². The molecule has 0 heterocycles. The van der Waals surface area contributed by atoms with E-state index < -0.39 is 24.1 Å². The van der Waals surface area contributed by atoms with Gasteiger partial charge in [0, 0.05) is 6.42 Å². The number of carbonyl (C=O) groups excluding carboxylic acids is 3. The molecule has 1 amide bonds. The second-order valence-electron chi connectivity index (χ2n) is 4.19. The molecule has 1 rings (SSSR count). The van der Waals surface area contributed by atoms with Gasteiger partial charge >= 0.3 is 12.1 Å². The number of alkyl carbamates (subject to hydrolysis) is 1. The Morgan fingerprint density at radius 3 is 2.48 bits per heavy atom. The molecule has 0 fully saturated rings. The van der Waals surface area contributed by atoms with E-state index in [4.69, 9.17) is 4.74 Å². The summed E-state index contributed by atoms with van der Waals surface area (Å²) in [5, 5.41) is 13.0. The number of carboxylic acid groups (broad SMARTS) is 1. The van der Waals surface area contributed by atoms with Crippen molar-refractivity contribution < 1.29 is 29.0 Å². The van der Waals surface area contributed by atoms with Crippen molar-refractivity contribution in [1.82, 2.24) is 5.32 Å². The van der Waals surface area contributed by atoms with Crippen molar-refractivity contribution in [3.05, 3.63) is 35.9 Å². The van der Waals surface area contributed by atoms with E-state index in [0.29, 0.717) is 0 Å². The highest BCUT2D eigenvalue weighted by atomic mass is 16.5. The van der Waals surface area contributed by atoms with Crippen molar-refractivity contribution >= 4 is 18.0 Å². The third kappa shape index (κ3) is 6.42. The smallest absolute Gasteiger partial charge is 0.407 e. The zero-order chi connectivity index (χ0) is 15.7. The van der Waals surface area contributed by atoms with Crippen LogP contribution in [0.4, 0.5) is 4.79 Å². The first-order valence-corrected chi connectivity index (χ1v) is 6.28. The summed E-state index contributed by atoms with van der Waals surface area (Å²) < 4.78 is 9.28. The molecule has 1 aromatic rings. The number of benzene rings is 1. The monoisotopic (exact) mass is 294 g/mol. The SMILES string of the molecule is COC(=O)CC[C@@H](NC(=O)OCc1ccccc1)C(=O)[O-]. The molecule has 0 aliphatic heterocycles. The lowest BCUT2D eigenvalue weighted by molar-refractivity contribution is -0.308. The van der Waals surface area contributed by atoms with Gasteiger partial charge in [-0.1, -0.05) is 30.3 Å². The number of hydrogen-bond donors (Lipinski definition) is 1. The van der Waals surface area contributed by atoms with E-state index >= 15 is 0 Å². The maximum absolute atomic E-state index is 11.5. The minimum atomic E-state index is -1.49. The van der Waals surface area contributed by atoms with Gasteiger partial charge in [0.15, 0.2) is 0 Å². The van der Waals surface area contributed by atoms with Crippen LogP contribution in [-0.2, 0) is 25.7 Å². The van der Waals surface area contributed by atoms with Crippen LogP contribution >= 0.6 is 0 Å². The van der Waals surface area contributed by atoms with Gasteiger partial charge in [-0.2, -0.15) is 0 Å². The molecule has 0 spiro atoms. The molecule has 0 bridgehead atoms. The molecule has 0 aromatic heterocycles. The van der Waals surface area contributed by atoms with E-state index in [1.807, 2.05) is 6.07 Å². The number of ether oxygens (including phenoxy) is 2. The second-order valence-corrected chi connectivity index (χ2v) is 4.19. The van der Waals surface area contributed by atoms with Crippen molar-refractivity contribution in [3.8, 4) is 0 Å². The Balaban J connectivity index is 2.41. The molecule has 1 N–H and O–H groups in total. The number of esters is 1. The summed E-state index contributed by atoms with van der Waals surface area (Å²) in [6.45, 7) is 0.0173. The van der Waals surface area contributed by atoms with Crippen molar-refractivity contribution in [2.75, 3.05) is 7.11 Å². The van der Waals surface area contributed by atoms with Gasteiger partial charge in [-0.25, -0.2) is 4.79 Å². The van der Waals surface area contributed by atoms with Crippen LogP contribution in [0, 0.1) is 0 Å². The topological polar surface area (TPSA) is 105 Å². The van der Waals surface area contributed by atoms with Gasteiger partial charge in [0.2, 0.25) is 0 Å². The molecule has 114 valence electrons. The van der Waals surface area contributed by atoms with Gasteiger partial charge in [-0.05, 0) is 12.0 Å². The summed E-state index contributed by atoms with van der Waals surface area (Å²) in [6, 6.07) is 7.62. The highest BCUT2D eigenvalue weighted by molar-refractivity contribution is 5.79. The van der Waals surface area contributed by atoms with E-state index in [1.165, 1.54) is 7.11 Å². The summed E-state index contributed by atoms with van der Waals surface area (Å²) in [6.07, 6.45) is -1.17. The molecule has 7 nitrogen and oxygen atoms in total. The highest BCUT2D eigenvalue weighted by Gasteiger charge is 2.16. The molecule has 0 radical (unpaired) electrons. The van der Waals surface area contributed by atoms with Gasteiger partial charge in [0.25, 0.3) is 0 Å². The fourth-order valence-corrected chi connectivity index (χ4v) is 1.52. The third-order valence-electron chi connectivity index (χ3n) is 2.65. The van der Waals surface area contributed by atoms with Gasteiger partial charge in [-0.15, -0.1) is 0 Å². The molecule has 1 aromatic carbocycles. The number of carboxylic acids is 1. The molecule has 1 atom stereocenters. The molecule has 0 aliphatic rings. The number of carbonyl (C=O) groups is 3. The van der Waals surface area contributed by atoms with Crippen LogP contribution in [0.15, 0.2) is 30.3 Å². The maximum Gasteiger partial charge on any atom is 0.407 e. The van der Waals surface area contributed by atoms with Gasteiger partial charge in [-0.3, -0.25) is 4.79 Å². The van der Waals surface area contributed by atoms with Crippen LogP contribution < -0.4 is 10.4 Å². The summed E-state index contributed by atoms with van der Waals surface area (Å²) in [5.41, 5.74) is 0.771. The van der Waals surface area contributed by atoms with Gasteiger partial charge in [0.1, 0.15) is 6.61 Å². The lowest BCUT2D eigenvalue weighted by Crippen LogP contribution is -2.48. The highest BCUT2D eigenvalue weighted by Crippen LogP contribution is 2.02. The van der Waals surface area contributed by atoms with Gasteiger partial charge < -0.3 is 24.7 Å². The Labute approximate surface area is 121 Å². The van der Waals surface area contributed by atoms with Crippen LogP contribution in [0.5, 0.6) is 0 Å². The number of hydrogen-bond acceptors (Lipinski definition) is 6. The van der Waals surface area contributed by atoms with Crippen molar-refractivity contribution in [3.63, 3.8) is 0 Å². The first-order chi connectivity index (χ1) is 10.0. The molecule has 0 saturated heterocycles. The number of nitrogens with one attached hydrogen (secondary N) is 1. The Bertz CT molecular complexity index is 487. The molecule has 7 heteroatoms. The number of aliphatic carboxylic acids is 1. The quantitative estimate of drug-likeness (QED) is 0.709. The normalized spacial score (nSPS) is 11.3. The summed E-state index contributed by atoms with van der Waals surface area (Å²) in [4.78, 5) is 33.3. The summed E-state index contributed by atoms with van der Waals surface area (Å²) >= 11 is 0. The number of amides is 1. The summed E-state index contributed by atoms with van der Waals surface area (Å²) in [5.74, 6) is -2.06. The minimum Gasteiger partial charge on any atom is -0.548 e. The van der Waals surface area contributed by atoms with E-state index in [-0.39, 0.29) is 19.4 Å². The van der Waals surface area contributed by atoms with Crippen LogP contribution in [0.3, 0.4) is 0 Å². The third-order valence-corrected chi connectivity index (χ3v) is 2.65. The van der Waals surface area contributed by atoms with Crippen LogP contribution in [0.2, 0.25) is 0 Å². The molecule has 0 aliphatic carbocycles. The second kappa shape index (κ2) is 8.57.